The van der Waals surface area contributed by atoms with E-state index in [-0.39, 0.29) is 13.3 Å². The molecule has 0 fully saturated rings. The first-order valence-corrected chi connectivity index (χ1v) is 3.72. The van der Waals surface area contributed by atoms with E-state index >= 15 is 0 Å². The molecule has 68 valence electrons. The van der Waals surface area contributed by atoms with Crippen molar-refractivity contribution in [3.8, 4) is 0 Å². The van der Waals surface area contributed by atoms with E-state index in [1.807, 2.05) is 0 Å². The van der Waals surface area contributed by atoms with Crippen LogP contribution < -0.4 is 5.32 Å². The number of halogens is 1. The van der Waals surface area contributed by atoms with E-state index in [9.17, 15) is 9.50 Å². The van der Waals surface area contributed by atoms with Crippen molar-refractivity contribution in [2.24, 2.45) is 0 Å². The van der Waals surface area contributed by atoms with E-state index in [0.29, 0.717) is 19.5 Å². The van der Waals surface area contributed by atoms with Crippen molar-refractivity contribution in [3.05, 3.63) is 0 Å². The number of aliphatic hydroxyl groups is 2. The first kappa shape index (κ1) is 10.8. The van der Waals surface area contributed by atoms with Crippen LogP contribution in [0.1, 0.15) is 13.3 Å². The highest BCUT2D eigenvalue weighted by atomic mass is 19.1. The molecule has 0 bridgehead atoms. The van der Waals surface area contributed by atoms with Crippen LogP contribution in [0.4, 0.5) is 4.39 Å². The van der Waals surface area contributed by atoms with E-state index in [0.717, 1.165) is 0 Å². The van der Waals surface area contributed by atoms with Crippen molar-refractivity contribution in [2.75, 3.05) is 26.4 Å². The van der Waals surface area contributed by atoms with E-state index in [4.69, 9.17) is 5.11 Å². The lowest BCUT2D eigenvalue weighted by atomic mass is 10.1. The van der Waals surface area contributed by atoms with Crippen molar-refractivity contribution >= 4 is 0 Å². The molecule has 3 nitrogen and oxygen atoms in total. The molecule has 0 heterocycles. The van der Waals surface area contributed by atoms with Gasteiger partial charge in [-0.3, -0.25) is 4.39 Å². The molecule has 4 heteroatoms. The molecule has 0 saturated heterocycles. The summed E-state index contributed by atoms with van der Waals surface area (Å²) in [4.78, 5) is 0. The monoisotopic (exact) mass is 165 g/mol. The fourth-order valence-corrected chi connectivity index (χ4v) is 0.605. The van der Waals surface area contributed by atoms with E-state index in [1.165, 1.54) is 6.92 Å². The minimum absolute atomic E-state index is 0.282. The summed E-state index contributed by atoms with van der Waals surface area (Å²) in [5.74, 6) is 0. The zero-order valence-electron chi connectivity index (χ0n) is 6.81. The molecule has 1 atom stereocenters. The van der Waals surface area contributed by atoms with Gasteiger partial charge in [-0.15, -0.1) is 0 Å². The van der Waals surface area contributed by atoms with Gasteiger partial charge in [0.05, 0.1) is 18.9 Å². The molecule has 1 unspecified atom stereocenters. The highest BCUT2D eigenvalue weighted by molar-refractivity contribution is 4.73. The molecule has 0 spiro atoms. The minimum atomic E-state index is -1.09. The number of rotatable bonds is 6. The lowest BCUT2D eigenvalue weighted by molar-refractivity contribution is 0.00282. The third-order valence-electron chi connectivity index (χ3n) is 1.33. The van der Waals surface area contributed by atoms with Crippen LogP contribution in [0.15, 0.2) is 0 Å². The summed E-state index contributed by atoms with van der Waals surface area (Å²) in [6.07, 6.45) is 0.446. The Morgan fingerprint density at radius 2 is 2.18 bits per heavy atom. The molecule has 0 aliphatic carbocycles. The quantitative estimate of drug-likeness (QED) is 0.473. The predicted octanol–water partition coefficient (Wildman–Crippen LogP) is -0.321. The summed E-state index contributed by atoms with van der Waals surface area (Å²) in [5, 5.41) is 20.6. The molecule has 0 aromatic rings. The summed E-state index contributed by atoms with van der Waals surface area (Å²) in [6, 6.07) is 0. The Balaban J connectivity index is 3.23. The molecule has 0 aromatic carbocycles. The van der Waals surface area contributed by atoms with Gasteiger partial charge < -0.3 is 15.5 Å². The zero-order valence-corrected chi connectivity index (χ0v) is 6.81. The zero-order chi connectivity index (χ0) is 8.74. The second-order valence-corrected chi connectivity index (χ2v) is 2.87. The third-order valence-corrected chi connectivity index (χ3v) is 1.33. The molecular weight excluding hydrogens is 149 g/mol. The van der Waals surface area contributed by atoms with Crippen LogP contribution in [0, 0.1) is 0 Å². The smallest absolute Gasteiger partial charge is 0.0972 e. The standard InChI is InChI=1S/C7H16FNO2/c1-7(11,6-10)5-9-4-2-3-8/h9-11H,2-6H2,1H3. The summed E-state index contributed by atoms with van der Waals surface area (Å²) in [5.41, 5.74) is -1.09. The summed E-state index contributed by atoms with van der Waals surface area (Å²) in [6.45, 7) is 1.72. The van der Waals surface area contributed by atoms with Gasteiger partial charge in [-0.25, -0.2) is 0 Å². The maximum absolute atomic E-state index is 11.5. The van der Waals surface area contributed by atoms with Gasteiger partial charge in [-0.1, -0.05) is 0 Å². The lowest BCUT2D eigenvalue weighted by Crippen LogP contribution is -2.41. The Morgan fingerprint density at radius 1 is 1.55 bits per heavy atom. The highest BCUT2D eigenvalue weighted by Gasteiger charge is 2.17. The predicted molar refractivity (Wildman–Crippen MR) is 41.2 cm³/mol. The normalized spacial score (nSPS) is 16.4. The van der Waals surface area contributed by atoms with E-state index in [1.54, 1.807) is 0 Å². The van der Waals surface area contributed by atoms with Crippen molar-refractivity contribution in [3.63, 3.8) is 0 Å². The molecule has 11 heavy (non-hydrogen) atoms. The molecule has 0 amide bonds. The molecule has 0 aliphatic rings. The van der Waals surface area contributed by atoms with Crippen molar-refractivity contribution in [2.45, 2.75) is 18.9 Å². The maximum Gasteiger partial charge on any atom is 0.0972 e. The van der Waals surface area contributed by atoms with Gasteiger partial charge in [-0.05, 0) is 19.9 Å². The average Bonchev–Trinajstić information content (AvgIpc) is 1.99. The van der Waals surface area contributed by atoms with Crippen LogP contribution in [0.25, 0.3) is 0 Å². The van der Waals surface area contributed by atoms with E-state index in [2.05, 4.69) is 5.32 Å². The highest BCUT2D eigenvalue weighted by Crippen LogP contribution is 1.97. The van der Waals surface area contributed by atoms with Crippen LogP contribution >= 0.6 is 0 Å². The molecule has 3 N–H and O–H groups in total. The number of aliphatic hydroxyl groups excluding tert-OH is 1. The summed E-state index contributed by atoms with van der Waals surface area (Å²) in [7, 11) is 0. The molecule has 0 rings (SSSR count). The first-order chi connectivity index (χ1) is 5.12. The Kier molecular flexibility index (Phi) is 5.36. The van der Waals surface area contributed by atoms with E-state index < -0.39 is 5.60 Å². The molecule has 0 aromatic heterocycles. The summed E-state index contributed by atoms with van der Waals surface area (Å²) < 4.78 is 11.5. The Labute approximate surface area is 66.2 Å². The number of hydrogen-bond acceptors (Lipinski definition) is 3. The molecule has 0 radical (unpaired) electrons. The fourth-order valence-electron chi connectivity index (χ4n) is 0.605. The number of nitrogens with one attached hydrogen (secondary N) is 1. The second kappa shape index (κ2) is 5.46. The van der Waals surface area contributed by atoms with Crippen molar-refractivity contribution in [1.29, 1.82) is 0 Å². The van der Waals surface area contributed by atoms with Gasteiger partial charge in [-0.2, -0.15) is 0 Å². The number of hydrogen-bond donors (Lipinski definition) is 3. The van der Waals surface area contributed by atoms with Crippen LogP contribution in [-0.4, -0.2) is 42.2 Å². The van der Waals surface area contributed by atoms with Gasteiger partial charge in [0.2, 0.25) is 0 Å². The lowest BCUT2D eigenvalue weighted by Gasteiger charge is -2.20. The van der Waals surface area contributed by atoms with Crippen LogP contribution in [0.3, 0.4) is 0 Å². The van der Waals surface area contributed by atoms with Gasteiger partial charge in [0.15, 0.2) is 0 Å². The van der Waals surface area contributed by atoms with Gasteiger partial charge in [0.1, 0.15) is 0 Å². The number of alkyl halides is 1. The fraction of sp³-hybridized carbons (Fsp3) is 1.00. The summed E-state index contributed by atoms with van der Waals surface area (Å²) >= 11 is 0. The molecule has 0 saturated carbocycles. The van der Waals surface area contributed by atoms with Gasteiger partial charge in [0, 0.05) is 6.54 Å². The van der Waals surface area contributed by atoms with Crippen LogP contribution in [-0.2, 0) is 0 Å². The molecule has 0 aliphatic heterocycles. The van der Waals surface area contributed by atoms with Crippen molar-refractivity contribution < 1.29 is 14.6 Å². The van der Waals surface area contributed by atoms with Crippen LogP contribution in [0.5, 0.6) is 0 Å². The SMILES string of the molecule is CC(O)(CO)CNCCCF. The minimum Gasteiger partial charge on any atom is -0.393 e. The largest absolute Gasteiger partial charge is 0.393 e. The first-order valence-electron chi connectivity index (χ1n) is 3.72. The third kappa shape index (κ3) is 6.22. The Bertz CT molecular complexity index is 98.4. The Morgan fingerprint density at radius 3 is 2.64 bits per heavy atom. The average molecular weight is 165 g/mol. The van der Waals surface area contributed by atoms with Crippen molar-refractivity contribution in [1.82, 2.24) is 5.32 Å². The topological polar surface area (TPSA) is 52.5 Å². The Hall–Kier alpha value is -0.190. The maximum atomic E-state index is 11.5. The van der Waals surface area contributed by atoms with Gasteiger partial charge >= 0.3 is 0 Å². The molecular formula is C7H16FNO2. The van der Waals surface area contributed by atoms with Gasteiger partial charge in [0.25, 0.3) is 0 Å². The van der Waals surface area contributed by atoms with Crippen LogP contribution in [0.2, 0.25) is 0 Å². The second-order valence-electron chi connectivity index (χ2n) is 2.87.